The summed E-state index contributed by atoms with van der Waals surface area (Å²) in [4.78, 5) is 37.1. The molecule has 0 unspecified atom stereocenters. The minimum atomic E-state index is -0.631. The molecule has 1 N–H and O–H groups in total. The molecule has 0 atom stereocenters. The maximum Gasteiger partial charge on any atom is 0.373 e. The molecule has 1 aromatic heterocycles. The number of hydrogen-bond donors (Lipinski definition) is 1. The Bertz CT molecular complexity index is 949. The lowest BCUT2D eigenvalue weighted by Crippen LogP contribution is -2.30. The molecule has 1 aliphatic rings. The number of nitrogens with zero attached hydrogens (tertiary/aromatic N) is 1. The number of halogens is 1. The van der Waals surface area contributed by atoms with E-state index >= 15 is 0 Å². The second-order valence-electron chi connectivity index (χ2n) is 5.53. The van der Waals surface area contributed by atoms with Crippen LogP contribution in [0, 0.1) is 3.57 Å². The van der Waals surface area contributed by atoms with E-state index in [9.17, 15) is 14.4 Å². The van der Waals surface area contributed by atoms with Crippen molar-refractivity contribution in [2.45, 2.75) is 6.54 Å². The zero-order valence-corrected chi connectivity index (χ0v) is 16.6. The highest BCUT2D eigenvalue weighted by Crippen LogP contribution is 2.24. The highest BCUT2D eigenvalue weighted by Gasteiger charge is 2.34. The molecule has 0 saturated carbocycles. The van der Waals surface area contributed by atoms with Gasteiger partial charge in [-0.3, -0.25) is 9.69 Å². The number of rotatable bonds is 5. The topological polar surface area (TPSA) is 98.1 Å². The zero-order chi connectivity index (χ0) is 19.6. The van der Waals surface area contributed by atoms with Crippen LogP contribution in [-0.4, -0.2) is 37.0 Å². The summed E-state index contributed by atoms with van der Waals surface area (Å²) in [7, 11) is 2.81. The number of nitrogens with one attached hydrogen (secondary N) is 1. The first-order valence-corrected chi connectivity index (χ1v) is 8.86. The molecule has 8 nitrogen and oxygen atoms in total. The molecular formula is C18H15IN2O6. The van der Waals surface area contributed by atoms with Crippen molar-refractivity contribution < 1.29 is 28.3 Å². The summed E-state index contributed by atoms with van der Waals surface area (Å²) >= 11 is 2.12. The Morgan fingerprint density at radius 3 is 2.70 bits per heavy atom. The largest absolute Gasteiger partial charge is 0.496 e. The number of imide groups is 1. The first kappa shape index (κ1) is 19.0. The van der Waals surface area contributed by atoms with Crippen LogP contribution >= 0.6 is 22.6 Å². The van der Waals surface area contributed by atoms with Gasteiger partial charge in [-0.1, -0.05) is 6.07 Å². The molecule has 140 valence electrons. The number of furan rings is 1. The van der Waals surface area contributed by atoms with Crippen LogP contribution < -0.4 is 10.1 Å². The maximum atomic E-state index is 12.5. The van der Waals surface area contributed by atoms with E-state index in [0.29, 0.717) is 5.76 Å². The maximum absolute atomic E-state index is 12.5. The van der Waals surface area contributed by atoms with E-state index < -0.39 is 17.9 Å². The number of carbonyl (C=O) groups is 3. The van der Waals surface area contributed by atoms with Crippen LogP contribution in [0.25, 0.3) is 6.08 Å². The molecule has 1 aromatic carbocycles. The summed E-state index contributed by atoms with van der Waals surface area (Å²) in [5, 5.41) is 2.54. The molecule has 0 aliphatic carbocycles. The van der Waals surface area contributed by atoms with E-state index in [1.807, 2.05) is 6.07 Å². The van der Waals surface area contributed by atoms with Crippen LogP contribution in [0.1, 0.15) is 21.9 Å². The number of ether oxygens (including phenoxy) is 2. The van der Waals surface area contributed by atoms with Gasteiger partial charge in [0.25, 0.3) is 5.91 Å². The zero-order valence-electron chi connectivity index (χ0n) is 14.4. The lowest BCUT2D eigenvalue weighted by Gasteiger charge is -2.09. The third-order valence-electron chi connectivity index (χ3n) is 3.81. The van der Waals surface area contributed by atoms with Gasteiger partial charge in [-0.05, 0) is 58.5 Å². The van der Waals surface area contributed by atoms with Gasteiger partial charge in [-0.2, -0.15) is 0 Å². The average molecular weight is 482 g/mol. The van der Waals surface area contributed by atoms with Crippen molar-refractivity contribution >= 4 is 46.6 Å². The lowest BCUT2D eigenvalue weighted by atomic mass is 10.2. The van der Waals surface area contributed by atoms with Crippen LogP contribution in [-0.2, 0) is 16.1 Å². The molecule has 1 saturated heterocycles. The van der Waals surface area contributed by atoms with Crippen LogP contribution in [0.3, 0.4) is 0 Å². The number of benzene rings is 1. The van der Waals surface area contributed by atoms with Gasteiger partial charge in [0, 0.05) is 0 Å². The second kappa shape index (κ2) is 7.82. The molecule has 3 amide bonds. The third kappa shape index (κ3) is 3.97. The molecule has 0 bridgehead atoms. The molecule has 2 aromatic rings. The lowest BCUT2D eigenvalue weighted by molar-refractivity contribution is -0.123. The van der Waals surface area contributed by atoms with Gasteiger partial charge in [0.15, 0.2) is 0 Å². The van der Waals surface area contributed by atoms with Gasteiger partial charge in [0.1, 0.15) is 17.2 Å². The molecule has 1 aliphatic heterocycles. The average Bonchev–Trinajstić information content (AvgIpc) is 3.22. The molecule has 27 heavy (non-hydrogen) atoms. The predicted molar refractivity (Wildman–Crippen MR) is 103 cm³/mol. The van der Waals surface area contributed by atoms with E-state index in [1.165, 1.54) is 19.2 Å². The minimum Gasteiger partial charge on any atom is -0.496 e. The Kier molecular flexibility index (Phi) is 5.49. The fourth-order valence-corrected chi connectivity index (χ4v) is 3.24. The second-order valence-corrected chi connectivity index (χ2v) is 6.69. The Morgan fingerprint density at radius 1 is 1.26 bits per heavy atom. The smallest absolute Gasteiger partial charge is 0.373 e. The SMILES string of the molecule is COC(=O)c1ccc(CN2C(=O)NC(=Cc3ccc(OC)c(I)c3)C2=O)o1. The van der Waals surface area contributed by atoms with Gasteiger partial charge >= 0.3 is 12.0 Å². The summed E-state index contributed by atoms with van der Waals surface area (Å²) < 4.78 is 15.9. The molecular weight excluding hydrogens is 467 g/mol. The summed E-state index contributed by atoms with van der Waals surface area (Å²) in [6.07, 6.45) is 1.59. The molecule has 3 rings (SSSR count). The van der Waals surface area contributed by atoms with Crippen molar-refractivity contribution in [3.8, 4) is 5.75 Å². The number of urea groups is 1. The molecule has 0 spiro atoms. The van der Waals surface area contributed by atoms with Crippen molar-refractivity contribution in [1.29, 1.82) is 0 Å². The highest BCUT2D eigenvalue weighted by molar-refractivity contribution is 14.1. The number of methoxy groups -OCH3 is 2. The first-order valence-electron chi connectivity index (χ1n) is 7.78. The van der Waals surface area contributed by atoms with Gasteiger partial charge in [0.2, 0.25) is 5.76 Å². The Labute approximate surface area is 168 Å². The van der Waals surface area contributed by atoms with Crippen molar-refractivity contribution in [2.24, 2.45) is 0 Å². The molecule has 9 heteroatoms. The van der Waals surface area contributed by atoms with Crippen molar-refractivity contribution in [3.05, 3.63) is 56.7 Å². The van der Waals surface area contributed by atoms with E-state index in [-0.39, 0.29) is 18.0 Å². The fourth-order valence-electron chi connectivity index (χ4n) is 2.48. The predicted octanol–water partition coefficient (Wildman–Crippen LogP) is 2.77. The minimum absolute atomic E-state index is 0.00290. The van der Waals surface area contributed by atoms with E-state index in [1.54, 1.807) is 25.3 Å². The summed E-state index contributed by atoms with van der Waals surface area (Å²) in [5.41, 5.74) is 0.900. The van der Waals surface area contributed by atoms with Crippen LogP contribution in [0.5, 0.6) is 5.75 Å². The number of hydrogen-bond acceptors (Lipinski definition) is 6. The molecule has 1 fully saturated rings. The van der Waals surface area contributed by atoms with E-state index in [2.05, 4.69) is 32.6 Å². The van der Waals surface area contributed by atoms with Gasteiger partial charge in [-0.15, -0.1) is 0 Å². The number of esters is 1. The van der Waals surface area contributed by atoms with Crippen LogP contribution in [0.15, 0.2) is 40.4 Å². The summed E-state index contributed by atoms with van der Waals surface area (Å²) in [6.45, 7) is -0.0981. The molecule has 0 radical (unpaired) electrons. The van der Waals surface area contributed by atoms with Crippen molar-refractivity contribution in [3.63, 3.8) is 0 Å². The normalized spacial score (nSPS) is 15.2. The fraction of sp³-hybridized carbons (Fsp3) is 0.167. The Balaban J connectivity index is 1.77. The van der Waals surface area contributed by atoms with Gasteiger partial charge < -0.3 is 19.2 Å². The quantitative estimate of drug-likeness (QED) is 0.305. The number of carbonyl (C=O) groups excluding carboxylic acids is 3. The van der Waals surface area contributed by atoms with Crippen LogP contribution in [0.2, 0.25) is 0 Å². The highest BCUT2D eigenvalue weighted by atomic mass is 127. The first-order chi connectivity index (χ1) is 12.9. The van der Waals surface area contributed by atoms with Gasteiger partial charge in [0.05, 0.1) is 24.3 Å². The summed E-state index contributed by atoms with van der Waals surface area (Å²) in [5.74, 6) is -0.0994. The standard InChI is InChI=1S/C18H15IN2O6/c1-25-14-5-3-10(7-12(14)19)8-13-16(22)21(18(24)20-13)9-11-4-6-15(27-11)17(23)26-2/h3-8H,9H2,1-2H3,(H,20,24). The molecule has 2 heterocycles. The van der Waals surface area contributed by atoms with E-state index in [0.717, 1.165) is 19.8 Å². The van der Waals surface area contributed by atoms with Crippen molar-refractivity contribution in [2.75, 3.05) is 14.2 Å². The van der Waals surface area contributed by atoms with E-state index in [4.69, 9.17) is 9.15 Å². The monoisotopic (exact) mass is 482 g/mol. The Hall–Kier alpha value is -2.82. The Morgan fingerprint density at radius 2 is 2.04 bits per heavy atom. The van der Waals surface area contributed by atoms with Gasteiger partial charge in [-0.25, -0.2) is 9.59 Å². The van der Waals surface area contributed by atoms with Crippen LogP contribution in [0.4, 0.5) is 4.79 Å². The number of amides is 3. The van der Waals surface area contributed by atoms with Crippen molar-refractivity contribution in [1.82, 2.24) is 10.2 Å². The summed E-state index contributed by atoms with van der Waals surface area (Å²) in [6, 6.07) is 7.78. The third-order valence-corrected chi connectivity index (χ3v) is 4.65.